The second-order valence-electron chi connectivity index (χ2n) is 6.13. The first kappa shape index (κ1) is 15.1. The summed E-state index contributed by atoms with van der Waals surface area (Å²) in [7, 11) is 0. The van der Waals surface area contributed by atoms with Crippen LogP contribution in [-0.4, -0.2) is 46.1 Å². The molecule has 4 nitrogen and oxygen atoms in total. The number of likely N-dealkylation sites (tertiary alicyclic amines) is 1. The van der Waals surface area contributed by atoms with Crippen LogP contribution in [0.1, 0.15) is 29.6 Å². The third-order valence-electron chi connectivity index (χ3n) is 4.68. The van der Waals surface area contributed by atoms with Crippen LogP contribution in [-0.2, 0) is 4.74 Å². The molecule has 114 valence electrons. The van der Waals surface area contributed by atoms with E-state index in [1.54, 1.807) is 24.3 Å². The Labute approximate surface area is 138 Å². The van der Waals surface area contributed by atoms with Crippen LogP contribution in [0.15, 0.2) is 24.3 Å². The van der Waals surface area contributed by atoms with Crippen molar-refractivity contribution in [3.8, 4) is 5.75 Å². The Morgan fingerprint density at radius 3 is 2.57 bits per heavy atom. The third-order valence-corrected chi connectivity index (χ3v) is 5.67. The number of alkyl halides is 1. The average Bonchev–Trinajstić information content (AvgIpc) is 2.91. The van der Waals surface area contributed by atoms with Crippen LogP contribution in [0.25, 0.3) is 0 Å². The molecule has 1 N–H and O–H groups in total. The Balaban J connectivity index is 1.61. The van der Waals surface area contributed by atoms with Gasteiger partial charge in [-0.1, -0.05) is 22.6 Å². The maximum absolute atomic E-state index is 12.4. The Morgan fingerprint density at radius 1 is 1.33 bits per heavy atom. The molecule has 0 aliphatic carbocycles. The van der Waals surface area contributed by atoms with Crippen molar-refractivity contribution < 1.29 is 14.6 Å². The molecule has 1 atom stereocenters. The number of ether oxygens (including phenoxy) is 1. The molecule has 0 radical (unpaired) electrons. The van der Waals surface area contributed by atoms with Gasteiger partial charge in [0.1, 0.15) is 5.75 Å². The molecule has 1 amide bonds. The Morgan fingerprint density at radius 2 is 2.00 bits per heavy atom. The van der Waals surface area contributed by atoms with Gasteiger partial charge in [-0.25, -0.2) is 0 Å². The zero-order valence-electron chi connectivity index (χ0n) is 11.9. The van der Waals surface area contributed by atoms with Crippen LogP contribution in [0.5, 0.6) is 5.75 Å². The lowest BCUT2D eigenvalue weighted by molar-refractivity contribution is 0.0510. The van der Waals surface area contributed by atoms with E-state index in [4.69, 9.17) is 4.74 Å². The maximum atomic E-state index is 12.4. The van der Waals surface area contributed by atoms with Crippen molar-refractivity contribution in [3.05, 3.63) is 29.8 Å². The van der Waals surface area contributed by atoms with Crippen LogP contribution in [0.4, 0.5) is 0 Å². The van der Waals surface area contributed by atoms with Gasteiger partial charge in [-0.2, -0.15) is 0 Å². The summed E-state index contributed by atoms with van der Waals surface area (Å²) in [5, 5.41) is 9.30. The minimum Gasteiger partial charge on any atom is -0.508 e. The summed E-state index contributed by atoms with van der Waals surface area (Å²) in [4.78, 5) is 14.4. The highest BCUT2D eigenvalue weighted by Gasteiger charge is 2.42. The highest BCUT2D eigenvalue weighted by atomic mass is 127. The molecule has 2 fully saturated rings. The van der Waals surface area contributed by atoms with Crippen LogP contribution in [0.2, 0.25) is 0 Å². The van der Waals surface area contributed by atoms with Crippen LogP contribution in [0.3, 0.4) is 0 Å². The number of phenols is 1. The predicted octanol–water partition coefficient (Wildman–Crippen LogP) is 2.84. The Hall–Kier alpha value is -0.820. The summed E-state index contributed by atoms with van der Waals surface area (Å²) in [6.07, 6.45) is 3.59. The fraction of sp³-hybridized carbons (Fsp3) is 0.562. The van der Waals surface area contributed by atoms with E-state index < -0.39 is 0 Å². The van der Waals surface area contributed by atoms with E-state index in [0.29, 0.717) is 17.1 Å². The van der Waals surface area contributed by atoms with Gasteiger partial charge in [-0.3, -0.25) is 4.79 Å². The first-order valence-corrected chi connectivity index (χ1v) is 8.90. The van der Waals surface area contributed by atoms with E-state index in [-0.39, 0.29) is 11.7 Å². The molecular weight excluding hydrogens is 381 g/mol. The number of benzene rings is 1. The zero-order chi connectivity index (χ0) is 14.9. The third kappa shape index (κ3) is 3.18. The number of rotatable bonds is 2. The number of aromatic hydroxyl groups is 1. The van der Waals surface area contributed by atoms with Crippen LogP contribution in [0, 0.1) is 5.41 Å². The van der Waals surface area contributed by atoms with Crippen molar-refractivity contribution >= 4 is 28.5 Å². The number of carbonyl (C=O) groups excluding carboxylic acids is 1. The normalized spacial score (nSPS) is 24.4. The number of hydrogen-bond donors (Lipinski definition) is 1. The number of hydrogen-bond acceptors (Lipinski definition) is 3. The largest absolute Gasteiger partial charge is 0.508 e. The van der Waals surface area contributed by atoms with Gasteiger partial charge in [-0.15, -0.1) is 0 Å². The topological polar surface area (TPSA) is 49.8 Å². The first-order valence-electron chi connectivity index (χ1n) is 7.38. The molecule has 21 heavy (non-hydrogen) atoms. The van der Waals surface area contributed by atoms with Gasteiger partial charge in [0.05, 0.1) is 12.7 Å². The van der Waals surface area contributed by atoms with Gasteiger partial charge in [0.15, 0.2) is 0 Å². The van der Waals surface area contributed by atoms with Gasteiger partial charge < -0.3 is 14.7 Å². The van der Waals surface area contributed by atoms with Crippen LogP contribution < -0.4 is 0 Å². The number of halogens is 1. The number of amides is 1. The van der Waals surface area contributed by atoms with Crippen molar-refractivity contribution in [3.63, 3.8) is 0 Å². The summed E-state index contributed by atoms with van der Waals surface area (Å²) in [5.41, 5.74) is 0.943. The summed E-state index contributed by atoms with van der Waals surface area (Å²) in [6, 6.07) is 6.50. The molecular formula is C16H20INO3. The molecule has 0 aromatic heterocycles. The van der Waals surface area contributed by atoms with Gasteiger partial charge in [0.25, 0.3) is 5.91 Å². The standard InChI is InChI=1S/C16H20INO3/c17-10-14-9-16(11-21-14)5-7-18(8-6-16)15(20)12-1-3-13(19)4-2-12/h1-4,14,19H,5-11H2. The number of nitrogens with zero attached hydrogens (tertiary/aromatic N) is 1. The van der Waals surface area contributed by atoms with Crippen molar-refractivity contribution in [1.29, 1.82) is 0 Å². The molecule has 2 saturated heterocycles. The monoisotopic (exact) mass is 401 g/mol. The zero-order valence-corrected chi connectivity index (χ0v) is 14.1. The Bertz CT molecular complexity index is 509. The van der Waals surface area contributed by atoms with E-state index in [1.165, 1.54) is 0 Å². The SMILES string of the molecule is O=C(c1ccc(O)cc1)N1CCC2(CC1)COC(CI)C2. The molecule has 1 spiro atoms. The highest BCUT2D eigenvalue weighted by Crippen LogP contribution is 2.42. The number of phenolic OH excluding ortho intramolecular Hbond substituents is 1. The van der Waals surface area contributed by atoms with E-state index in [0.717, 1.165) is 43.4 Å². The minimum absolute atomic E-state index is 0.0641. The van der Waals surface area contributed by atoms with Crippen molar-refractivity contribution in [2.75, 3.05) is 24.1 Å². The molecule has 0 saturated carbocycles. The molecule has 2 heterocycles. The van der Waals surface area contributed by atoms with E-state index >= 15 is 0 Å². The minimum atomic E-state index is 0.0641. The van der Waals surface area contributed by atoms with Gasteiger partial charge in [-0.05, 0) is 48.9 Å². The lowest BCUT2D eigenvalue weighted by Crippen LogP contribution is -2.43. The van der Waals surface area contributed by atoms with Crippen molar-refractivity contribution in [1.82, 2.24) is 4.90 Å². The first-order chi connectivity index (χ1) is 10.1. The lowest BCUT2D eigenvalue weighted by atomic mass is 9.77. The van der Waals surface area contributed by atoms with Gasteiger partial charge in [0, 0.05) is 23.1 Å². The second kappa shape index (κ2) is 6.12. The van der Waals surface area contributed by atoms with Crippen molar-refractivity contribution in [2.45, 2.75) is 25.4 Å². The molecule has 3 rings (SSSR count). The number of piperidine rings is 1. The molecule has 1 unspecified atom stereocenters. The fourth-order valence-electron chi connectivity index (χ4n) is 3.31. The molecule has 5 heteroatoms. The smallest absolute Gasteiger partial charge is 0.253 e. The molecule has 0 bridgehead atoms. The van der Waals surface area contributed by atoms with E-state index in [2.05, 4.69) is 22.6 Å². The average molecular weight is 401 g/mol. The fourth-order valence-corrected chi connectivity index (χ4v) is 3.88. The predicted molar refractivity (Wildman–Crippen MR) is 88.9 cm³/mol. The quantitative estimate of drug-likeness (QED) is 0.613. The maximum Gasteiger partial charge on any atom is 0.253 e. The van der Waals surface area contributed by atoms with E-state index in [9.17, 15) is 9.90 Å². The molecule has 1 aromatic rings. The van der Waals surface area contributed by atoms with Gasteiger partial charge >= 0.3 is 0 Å². The van der Waals surface area contributed by atoms with Crippen molar-refractivity contribution in [2.24, 2.45) is 5.41 Å². The Kier molecular flexibility index (Phi) is 4.40. The molecule has 2 aliphatic heterocycles. The summed E-state index contributed by atoms with van der Waals surface area (Å²) >= 11 is 2.38. The van der Waals surface area contributed by atoms with Gasteiger partial charge in [0.2, 0.25) is 0 Å². The highest BCUT2D eigenvalue weighted by molar-refractivity contribution is 14.1. The summed E-state index contributed by atoms with van der Waals surface area (Å²) in [5.74, 6) is 0.256. The lowest BCUT2D eigenvalue weighted by Gasteiger charge is -2.38. The molecule has 1 aromatic carbocycles. The summed E-state index contributed by atoms with van der Waals surface area (Å²) in [6.45, 7) is 2.45. The second-order valence-corrected chi connectivity index (χ2v) is 7.01. The summed E-state index contributed by atoms with van der Waals surface area (Å²) < 4.78 is 6.90. The van der Waals surface area contributed by atoms with E-state index in [1.807, 2.05) is 4.90 Å². The molecule has 2 aliphatic rings. The number of carbonyl (C=O) groups is 1. The van der Waals surface area contributed by atoms with Crippen LogP contribution >= 0.6 is 22.6 Å².